The van der Waals surface area contributed by atoms with Crippen LogP contribution in [0.3, 0.4) is 0 Å². The van der Waals surface area contributed by atoms with E-state index in [4.69, 9.17) is 16.3 Å². The molecule has 1 aromatic rings. The summed E-state index contributed by atoms with van der Waals surface area (Å²) >= 11 is 9.14. The number of aromatic nitrogens is 2. The predicted octanol–water partition coefficient (Wildman–Crippen LogP) is 3.12. The van der Waals surface area contributed by atoms with Crippen molar-refractivity contribution in [1.29, 1.82) is 0 Å². The van der Waals surface area contributed by atoms with Gasteiger partial charge in [-0.3, -0.25) is 0 Å². The lowest BCUT2D eigenvalue weighted by Gasteiger charge is -2.08. The third-order valence-electron chi connectivity index (χ3n) is 1.93. The molecule has 0 bridgehead atoms. The van der Waals surface area contributed by atoms with Gasteiger partial charge in [0.25, 0.3) is 0 Å². The highest BCUT2D eigenvalue weighted by Gasteiger charge is 2.05. The zero-order chi connectivity index (χ0) is 11.8. The number of ether oxygens (including phenoxy) is 1. The number of hydrogen-bond acceptors (Lipinski definition) is 4. The molecule has 0 saturated carbocycles. The average molecular weight is 309 g/mol. The average Bonchev–Trinajstić information content (AvgIpc) is 2.29. The van der Waals surface area contributed by atoms with Crippen LogP contribution in [0, 0.1) is 0 Å². The van der Waals surface area contributed by atoms with E-state index in [9.17, 15) is 0 Å². The van der Waals surface area contributed by atoms with E-state index in [-0.39, 0.29) is 0 Å². The zero-order valence-electron chi connectivity index (χ0n) is 9.17. The molecule has 1 heterocycles. The standard InChI is InChI=1S/C10H15BrClN3O/c1-2-3-5-16-6-4-13-10-8(11)9(12)14-7-15-10/h7H,2-6H2,1H3,(H,13,14,15). The van der Waals surface area contributed by atoms with Crippen molar-refractivity contribution < 1.29 is 4.74 Å². The lowest BCUT2D eigenvalue weighted by atomic mass is 10.4. The molecule has 0 aliphatic carbocycles. The summed E-state index contributed by atoms with van der Waals surface area (Å²) in [7, 11) is 0. The first-order valence-corrected chi connectivity index (χ1v) is 6.40. The normalized spacial score (nSPS) is 10.4. The van der Waals surface area contributed by atoms with E-state index in [1.807, 2.05) is 0 Å². The monoisotopic (exact) mass is 307 g/mol. The smallest absolute Gasteiger partial charge is 0.148 e. The Morgan fingerprint density at radius 1 is 1.44 bits per heavy atom. The fourth-order valence-corrected chi connectivity index (χ4v) is 1.54. The highest BCUT2D eigenvalue weighted by Crippen LogP contribution is 2.25. The van der Waals surface area contributed by atoms with Crippen LogP contribution in [0.25, 0.3) is 0 Å². The Morgan fingerprint density at radius 2 is 2.25 bits per heavy atom. The van der Waals surface area contributed by atoms with E-state index in [0.29, 0.717) is 28.6 Å². The van der Waals surface area contributed by atoms with Crippen LogP contribution in [-0.2, 0) is 4.74 Å². The number of nitrogens with zero attached hydrogens (tertiary/aromatic N) is 2. The van der Waals surface area contributed by atoms with Crippen molar-refractivity contribution in [3.05, 3.63) is 16.0 Å². The minimum absolute atomic E-state index is 0.407. The van der Waals surface area contributed by atoms with E-state index in [1.165, 1.54) is 6.33 Å². The molecule has 0 aliphatic heterocycles. The summed E-state index contributed by atoms with van der Waals surface area (Å²) in [6.45, 7) is 4.31. The van der Waals surface area contributed by atoms with Gasteiger partial charge in [-0.25, -0.2) is 9.97 Å². The maximum atomic E-state index is 5.83. The first-order valence-electron chi connectivity index (χ1n) is 5.23. The fraction of sp³-hybridized carbons (Fsp3) is 0.600. The van der Waals surface area contributed by atoms with Crippen LogP contribution < -0.4 is 5.32 Å². The minimum atomic E-state index is 0.407. The Bertz CT molecular complexity index is 325. The van der Waals surface area contributed by atoms with Gasteiger partial charge in [-0.1, -0.05) is 24.9 Å². The molecule has 16 heavy (non-hydrogen) atoms. The van der Waals surface area contributed by atoms with Gasteiger partial charge in [0.15, 0.2) is 0 Å². The van der Waals surface area contributed by atoms with Crippen LogP contribution >= 0.6 is 27.5 Å². The molecule has 1 rings (SSSR count). The van der Waals surface area contributed by atoms with Crippen molar-refractivity contribution in [1.82, 2.24) is 9.97 Å². The summed E-state index contributed by atoms with van der Waals surface area (Å²) < 4.78 is 6.10. The van der Waals surface area contributed by atoms with Gasteiger partial charge in [0.1, 0.15) is 17.3 Å². The molecule has 0 aliphatic rings. The third-order valence-corrected chi connectivity index (χ3v) is 3.19. The van der Waals surface area contributed by atoms with Crippen molar-refractivity contribution in [2.24, 2.45) is 0 Å². The molecule has 0 saturated heterocycles. The van der Waals surface area contributed by atoms with Crippen LogP contribution in [0.15, 0.2) is 10.8 Å². The third kappa shape index (κ3) is 4.63. The van der Waals surface area contributed by atoms with E-state index < -0.39 is 0 Å². The van der Waals surface area contributed by atoms with Crippen molar-refractivity contribution in [2.45, 2.75) is 19.8 Å². The Morgan fingerprint density at radius 3 is 3.00 bits per heavy atom. The van der Waals surface area contributed by atoms with Gasteiger partial charge in [0.2, 0.25) is 0 Å². The molecule has 0 atom stereocenters. The molecule has 0 fully saturated rings. The fourth-order valence-electron chi connectivity index (χ4n) is 1.06. The second-order valence-corrected chi connectivity index (χ2v) is 4.37. The van der Waals surface area contributed by atoms with Gasteiger partial charge in [-0.2, -0.15) is 0 Å². The van der Waals surface area contributed by atoms with Crippen molar-refractivity contribution in [2.75, 3.05) is 25.1 Å². The van der Waals surface area contributed by atoms with E-state index in [1.54, 1.807) is 0 Å². The zero-order valence-corrected chi connectivity index (χ0v) is 11.5. The molecular formula is C10H15BrClN3O. The predicted molar refractivity (Wildman–Crippen MR) is 69.0 cm³/mol. The molecule has 0 aromatic carbocycles. The number of anilines is 1. The first-order chi connectivity index (χ1) is 7.75. The lowest BCUT2D eigenvalue weighted by Crippen LogP contribution is -2.11. The second-order valence-electron chi connectivity index (χ2n) is 3.22. The van der Waals surface area contributed by atoms with Crippen LogP contribution in [0.5, 0.6) is 0 Å². The number of rotatable bonds is 7. The van der Waals surface area contributed by atoms with Crippen LogP contribution in [0.1, 0.15) is 19.8 Å². The summed E-state index contributed by atoms with van der Waals surface area (Å²) in [6.07, 6.45) is 3.68. The molecule has 0 radical (unpaired) electrons. The van der Waals surface area contributed by atoms with Crippen LogP contribution in [0.2, 0.25) is 5.15 Å². The lowest BCUT2D eigenvalue weighted by molar-refractivity contribution is 0.141. The SMILES string of the molecule is CCCCOCCNc1ncnc(Cl)c1Br. The Labute approximate surface area is 109 Å². The van der Waals surface area contributed by atoms with Crippen molar-refractivity contribution in [3.8, 4) is 0 Å². The largest absolute Gasteiger partial charge is 0.380 e. The second kappa shape index (κ2) is 7.81. The molecule has 90 valence electrons. The highest BCUT2D eigenvalue weighted by atomic mass is 79.9. The van der Waals surface area contributed by atoms with Gasteiger partial charge in [-0.05, 0) is 22.4 Å². The number of halogens is 2. The van der Waals surface area contributed by atoms with Gasteiger partial charge in [0.05, 0.1) is 11.1 Å². The number of hydrogen-bond donors (Lipinski definition) is 1. The summed E-state index contributed by atoms with van der Waals surface area (Å²) in [5.41, 5.74) is 0. The van der Waals surface area contributed by atoms with E-state index >= 15 is 0 Å². The highest BCUT2D eigenvalue weighted by molar-refractivity contribution is 9.10. The molecule has 4 nitrogen and oxygen atoms in total. The van der Waals surface area contributed by atoms with Gasteiger partial charge < -0.3 is 10.1 Å². The minimum Gasteiger partial charge on any atom is -0.380 e. The number of nitrogens with one attached hydrogen (secondary N) is 1. The van der Waals surface area contributed by atoms with Crippen LogP contribution in [-0.4, -0.2) is 29.7 Å². The van der Waals surface area contributed by atoms with Gasteiger partial charge >= 0.3 is 0 Å². The maximum absolute atomic E-state index is 5.83. The van der Waals surface area contributed by atoms with E-state index in [2.05, 4.69) is 38.1 Å². The van der Waals surface area contributed by atoms with Crippen molar-refractivity contribution >= 4 is 33.3 Å². The summed E-state index contributed by atoms with van der Waals surface area (Å²) in [5, 5.41) is 3.53. The first kappa shape index (κ1) is 13.7. The quantitative estimate of drug-likeness (QED) is 0.621. The van der Waals surface area contributed by atoms with Crippen molar-refractivity contribution in [3.63, 3.8) is 0 Å². The van der Waals surface area contributed by atoms with E-state index in [0.717, 1.165) is 19.4 Å². The van der Waals surface area contributed by atoms with Crippen LogP contribution in [0.4, 0.5) is 5.82 Å². The molecule has 0 amide bonds. The Hall–Kier alpha value is -0.390. The Balaban J connectivity index is 2.24. The molecule has 1 N–H and O–H groups in total. The summed E-state index contributed by atoms with van der Waals surface area (Å²) in [6, 6.07) is 0. The summed E-state index contributed by atoms with van der Waals surface area (Å²) in [4.78, 5) is 7.91. The summed E-state index contributed by atoms with van der Waals surface area (Å²) in [5.74, 6) is 0.694. The molecule has 6 heteroatoms. The molecular weight excluding hydrogens is 293 g/mol. The molecule has 0 unspecified atom stereocenters. The number of unbranched alkanes of at least 4 members (excludes halogenated alkanes) is 1. The molecule has 0 spiro atoms. The van der Waals surface area contributed by atoms with Gasteiger partial charge in [0, 0.05) is 13.2 Å². The molecule has 1 aromatic heterocycles. The van der Waals surface area contributed by atoms with Gasteiger partial charge in [-0.15, -0.1) is 0 Å². The topological polar surface area (TPSA) is 47.0 Å². The Kier molecular flexibility index (Phi) is 6.68. The maximum Gasteiger partial charge on any atom is 0.148 e.